The van der Waals surface area contributed by atoms with Gasteiger partial charge in [0.15, 0.2) is 0 Å². The molecule has 2 aliphatic heterocycles. The van der Waals surface area contributed by atoms with Gasteiger partial charge in [0.25, 0.3) is 0 Å². The van der Waals surface area contributed by atoms with E-state index in [2.05, 4.69) is 9.97 Å². The molecule has 55 heavy (non-hydrogen) atoms. The lowest BCUT2D eigenvalue weighted by atomic mass is 9.98. The Morgan fingerprint density at radius 1 is 0.527 bits per heavy atom. The zero-order valence-corrected chi connectivity index (χ0v) is 32.2. The number of nitrogens with zero attached hydrogens (tertiary/aromatic N) is 2. The average Bonchev–Trinajstić information content (AvgIpc) is 3.83. The normalized spacial score (nSPS) is 12.5. The summed E-state index contributed by atoms with van der Waals surface area (Å²) < 4.78 is 19.8. The number of carboxylic acids is 1. The van der Waals surface area contributed by atoms with Crippen LogP contribution < -0.4 is 0 Å². The monoisotopic (exact) mass is 754 g/mol. The van der Waals surface area contributed by atoms with Crippen molar-refractivity contribution in [2.45, 2.75) is 78.6 Å². The molecule has 0 saturated heterocycles. The molecule has 0 saturated carbocycles. The number of H-pyrrole nitrogens is 2. The minimum atomic E-state index is -1.07. The Kier molecular flexibility index (Phi) is 12.7. The van der Waals surface area contributed by atoms with Crippen LogP contribution >= 0.6 is 0 Å². The van der Waals surface area contributed by atoms with Gasteiger partial charge in [-0.05, 0) is 115 Å². The van der Waals surface area contributed by atoms with Gasteiger partial charge in [0.2, 0.25) is 0 Å². The number of fused-ring (bicyclic) bond motifs is 8. The van der Waals surface area contributed by atoms with Crippen LogP contribution in [0.1, 0.15) is 97.4 Å². The molecule has 2 aliphatic rings. The fourth-order valence-corrected chi connectivity index (χ4v) is 7.05. The molecular formula is C41H46N4O10. The SMILES string of the molecule is COC(=O)CCC1=C(C)c2cc3[nH]c(cc4[nH]c(cc5nc(cc1n2)C(C)=C5CCC(=O)OC)c(CC(=O)O)c4CCC(=O)OC)c(CCC(=O)OC)c3C. The summed E-state index contributed by atoms with van der Waals surface area (Å²) in [5.41, 5.74) is 10.9. The Bertz CT molecular complexity index is 2290. The molecule has 0 spiro atoms. The van der Waals surface area contributed by atoms with Crippen molar-refractivity contribution in [3.05, 3.63) is 69.3 Å². The number of methoxy groups -OCH3 is 4. The first-order valence-electron chi connectivity index (χ1n) is 17.9. The molecule has 0 fully saturated rings. The molecule has 8 bridgehead atoms. The first kappa shape index (κ1) is 40.1. The topological polar surface area (TPSA) is 200 Å². The summed E-state index contributed by atoms with van der Waals surface area (Å²) in [7, 11) is 5.31. The Morgan fingerprint density at radius 2 is 0.927 bits per heavy atom. The van der Waals surface area contributed by atoms with E-state index in [4.69, 9.17) is 28.9 Å². The number of rotatable bonds is 14. The van der Waals surface area contributed by atoms with Gasteiger partial charge < -0.3 is 34.0 Å². The van der Waals surface area contributed by atoms with Crippen LogP contribution in [0.15, 0.2) is 24.3 Å². The van der Waals surface area contributed by atoms with Gasteiger partial charge in [0.1, 0.15) is 0 Å². The van der Waals surface area contributed by atoms with Gasteiger partial charge in [-0.2, -0.15) is 0 Å². The Balaban J connectivity index is 1.93. The summed E-state index contributed by atoms with van der Waals surface area (Å²) in [4.78, 5) is 78.7. The summed E-state index contributed by atoms with van der Waals surface area (Å²) in [6, 6.07) is 7.41. The van der Waals surface area contributed by atoms with E-state index in [1.807, 2.05) is 39.0 Å². The van der Waals surface area contributed by atoms with Gasteiger partial charge >= 0.3 is 29.8 Å². The van der Waals surface area contributed by atoms with Gasteiger partial charge in [0.05, 0.1) is 57.6 Å². The highest BCUT2D eigenvalue weighted by molar-refractivity contribution is 5.97. The number of hydrogen-bond acceptors (Lipinski definition) is 11. The number of aromatic amines is 2. The Morgan fingerprint density at radius 3 is 1.44 bits per heavy atom. The van der Waals surface area contributed by atoms with Crippen LogP contribution in [0.5, 0.6) is 0 Å². The molecule has 14 nitrogen and oxygen atoms in total. The van der Waals surface area contributed by atoms with E-state index in [1.54, 1.807) is 6.07 Å². The first-order chi connectivity index (χ1) is 26.3. The van der Waals surface area contributed by atoms with Crippen molar-refractivity contribution in [1.82, 2.24) is 19.9 Å². The second kappa shape index (κ2) is 17.4. The molecule has 0 aromatic carbocycles. The van der Waals surface area contributed by atoms with E-state index in [9.17, 15) is 29.1 Å². The van der Waals surface area contributed by atoms with Crippen LogP contribution in [-0.4, -0.2) is 83.3 Å². The van der Waals surface area contributed by atoms with Gasteiger partial charge in [0, 0.05) is 47.8 Å². The van der Waals surface area contributed by atoms with Crippen molar-refractivity contribution in [1.29, 1.82) is 0 Å². The van der Waals surface area contributed by atoms with E-state index < -0.39 is 17.9 Å². The predicted octanol–water partition coefficient (Wildman–Crippen LogP) is 6.23. The highest BCUT2D eigenvalue weighted by Gasteiger charge is 2.24. The molecule has 5 rings (SSSR count). The number of esters is 4. The number of allylic oxidation sites excluding steroid dienone is 4. The van der Waals surface area contributed by atoms with Gasteiger partial charge in [-0.3, -0.25) is 24.0 Å². The Labute approximate surface area is 318 Å². The van der Waals surface area contributed by atoms with Crippen molar-refractivity contribution in [3.63, 3.8) is 0 Å². The number of aliphatic carboxylic acids is 1. The van der Waals surface area contributed by atoms with Crippen molar-refractivity contribution < 1.29 is 48.0 Å². The predicted molar refractivity (Wildman–Crippen MR) is 205 cm³/mol. The number of aryl methyl sites for hydroxylation is 3. The van der Waals surface area contributed by atoms with E-state index in [-0.39, 0.29) is 50.5 Å². The van der Waals surface area contributed by atoms with E-state index in [1.165, 1.54) is 28.4 Å². The van der Waals surface area contributed by atoms with Crippen molar-refractivity contribution in [3.8, 4) is 0 Å². The summed E-state index contributed by atoms with van der Waals surface area (Å²) in [6.45, 7) is 5.80. The maximum atomic E-state index is 12.4. The highest BCUT2D eigenvalue weighted by atomic mass is 16.5. The van der Waals surface area contributed by atoms with Crippen molar-refractivity contribution >= 4 is 74.2 Å². The molecule has 0 amide bonds. The number of aromatic nitrogens is 4. The number of carboxylic acid groups (broad SMARTS) is 1. The standard InChI is InChI=1S/C41H46N4O10/c1-21-24(8-12-38(48)52-4)32-18-31-23(3)26(10-14-40(50)54-6)34(44-31)20-36-28(16-37(46)47)27(11-15-41(51)55-7)35(45-36)19-33-25(9-13-39(49)53-5)22(2)30(43-33)17-29(21)42-32/h17-20,43,45H,8-16H2,1-7H3,(H,46,47). The van der Waals surface area contributed by atoms with Gasteiger partial charge in [-0.15, -0.1) is 0 Å². The van der Waals surface area contributed by atoms with Gasteiger partial charge in [-0.1, -0.05) is 0 Å². The van der Waals surface area contributed by atoms with Crippen LogP contribution in [0.4, 0.5) is 0 Å². The summed E-state index contributed by atoms with van der Waals surface area (Å²) in [5, 5.41) is 10.1. The lowest BCUT2D eigenvalue weighted by Crippen LogP contribution is -2.06. The lowest BCUT2D eigenvalue weighted by Gasteiger charge is -2.05. The maximum Gasteiger partial charge on any atom is 0.307 e. The smallest absolute Gasteiger partial charge is 0.307 e. The van der Waals surface area contributed by atoms with E-state index in [0.29, 0.717) is 69.7 Å². The molecule has 0 aliphatic carbocycles. The summed E-state index contributed by atoms with van der Waals surface area (Å²) >= 11 is 0. The van der Waals surface area contributed by atoms with Crippen LogP contribution in [-0.2, 0) is 62.2 Å². The third-order valence-electron chi connectivity index (χ3n) is 10.2. The molecule has 0 atom stereocenters. The summed E-state index contributed by atoms with van der Waals surface area (Å²) in [6.07, 6.45) is 1.15. The highest BCUT2D eigenvalue weighted by Crippen LogP contribution is 2.38. The number of carbonyl (C=O) groups excluding carboxylic acids is 4. The van der Waals surface area contributed by atoms with Crippen LogP contribution in [0, 0.1) is 6.92 Å². The molecular weight excluding hydrogens is 708 g/mol. The maximum absolute atomic E-state index is 12.4. The van der Waals surface area contributed by atoms with Crippen molar-refractivity contribution in [2.24, 2.45) is 0 Å². The number of carbonyl (C=O) groups is 5. The first-order valence-corrected chi connectivity index (χ1v) is 17.9. The number of ether oxygens (including phenoxy) is 4. The minimum Gasteiger partial charge on any atom is -0.481 e. The number of nitrogens with one attached hydrogen (secondary N) is 2. The molecule has 5 heterocycles. The molecule has 290 valence electrons. The Hall–Kier alpha value is -6.05. The third kappa shape index (κ3) is 9.02. The fourth-order valence-electron chi connectivity index (χ4n) is 7.05. The van der Waals surface area contributed by atoms with E-state index >= 15 is 0 Å². The molecule has 0 radical (unpaired) electrons. The van der Waals surface area contributed by atoms with E-state index in [0.717, 1.165) is 38.9 Å². The van der Waals surface area contributed by atoms with Crippen LogP contribution in [0.3, 0.4) is 0 Å². The zero-order valence-electron chi connectivity index (χ0n) is 32.2. The average molecular weight is 755 g/mol. The fraction of sp³-hybridized carbons (Fsp3) is 0.390. The quantitative estimate of drug-likeness (QED) is 0.124. The third-order valence-corrected chi connectivity index (χ3v) is 10.2. The second-order valence-corrected chi connectivity index (χ2v) is 13.4. The minimum absolute atomic E-state index is 0.00118. The molecule has 0 unspecified atom stereocenters. The van der Waals surface area contributed by atoms with Crippen LogP contribution in [0.2, 0.25) is 0 Å². The molecule has 3 aromatic heterocycles. The van der Waals surface area contributed by atoms with Gasteiger partial charge in [-0.25, -0.2) is 9.97 Å². The second-order valence-electron chi connectivity index (χ2n) is 13.4. The van der Waals surface area contributed by atoms with Crippen molar-refractivity contribution in [2.75, 3.05) is 28.4 Å². The molecule has 14 heteroatoms. The van der Waals surface area contributed by atoms with Crippen LogP contribution in [0.25, 0.3) is 44.4 Å². The number of hydrogen-bond donors (Lipinski definition) is 3. The largest absolute Gasteiger partial charge is 0.481 e. The summed E-state index contributed by atoms with van der Waals surface area (Å²) in [5.74, 6) is -2.66. The lowest BCUT2D eigenvalue weighted by molar-refractivity contribution is -0.141. The molecule has 3 N–H and O–H groups in total. The molecule has 3 aromatic rings. The zero-order chi connectivity index (χ0) is 40.0.